The summed E-state index contributed by atoms with van der Waals surface area (Å²) in [4.78, 5) is 9.57. The molecule has 4 nitrogen and oxygen atoms in total. The minimum absolute atomic E-state index is 0.135. The largest absolute Gasteiger partial charge is 0.491 e. The van der Waals surface area contributed by atoms with Crippen molar-refractivity contribution in [1.29, 1.82) is 0 Å². The van der Waals surface area contributed by atoms with Gasteiger partial charge < -0.3 is 9.64 Å². The molecule has 2 rings (SSSR count). The summed E-state index contributed by atoms with van der Waals surface area (Å²) in [5.41, 5.74) is 0. The lowest BCUT2D eigenvalue weighted by molar-refractivity contribution is 0.251. The van der Waals surface area contributed by atoms with Crippen molar-refractivity contribution in [3.8, 4) is 5.75 Å². The first-order valence-corrected chi connectivity index (χ1v) is 5.67. The predicted octanol–water partition coefficient (Wildman–Crippen LogP) is 2.06. The van der Waals surface area contributed by atoms with Gasteiger partial charge in [-0.1, -0.05) is 0 Å². The summed E-state index contributed by atoms with van der Waals surface area (Å²) in [5.74, 6) is 1.05. The maximum atomic E-state index is 13.3. The van der Waals surface area contributed by atoms with E-state index < -0.39 is 3.68 Å². The summed E-state index contributed by atoms with van der Waals surface area (Å²) in [6, 6.07) is 0. The van der Waals surface area contributed by atoms with Crippen molar-refractivity contribution < 1.29 is 9.13 Å². The van der Waals surface area contributed by atoms with Crippen LogP contribution in [-0.4, -0.2) is 33.8 Å². The van der Waals surface area contributed by atoms with Crippen LogP contribution in [0.5, 0.6) is 5.75 Å². The molecular formula is C8H8ClFIN3O. The highest BCUT2D eigenvalue weighted by atomic mass is 127. The minimum atomic E-state index is -1.18. The molecule has 1 aliphatic rings. The van der Waals surface area contributed by atoms with Crippen LogP contribution >= 0.6 is 34.2 Å². The van der Waals surface area contributed by atoms with Crippen LogP contribution < -0.4 is 9.64 Å². The summed E-state index contributed by atoms with van der Waals surface area (Å²) < 4.78 is 17.2. The Kier molecular flexibility index (Phi) is 2.89. The highest BCUT2D eigenvalue weighted by Gasteiger charge is 2.42. The lowest BCUT2D eigenvalue weighted by Gasteiger charge is -2.41. The SMILES string of the molecule is COc1cnc(Cl)nc1N1CC(F)(I)C1. The highest BCUT2D eigenvalue weighted by molar-refractivity contribution is 14.1. The Hall–Kier alpha value is -0.370. The van der Waals surface area contributed by atoms with E-state index in [-0.39, 0.29) is 18.4 Å². The third-order valence-corrected chi connectivity index (χ3v) is 2.94. The van der Waals surface area contributed by atoms with Crippen LogP contribution in [0.3, 0.4) is 0 Å². The van der Waals surface area contributed by atoms with Crippen LogP contribution in [0.25, 0.3) is 0 Å². The molecule has 1 aliphatic heterocycles. The molecule has 0 saturated carbocycles. The normalized spacial score (nSPS) is 18.5. The molecule has 0 unspecified atom stereocenters. The number of methoxy groups -OCH3 is 1. The molecule has 1 aromatic rings. The van der Waals surface area contributed by atoms with E-state index in [9.17, 15) is 4.39 Å². The van der Waals surface area contributed by atoms with E-state index in [4.69, 9.17) is 16.3 Å². The zero-order chi connectivity index (χ0) is 11.1. The van der Waals surface area contributed by atoms with Gasteiger partial charge in [-0.2, -0.15) is 4.98 Å². The monoisotopic (exact) mass is 343 g/mol. The first-order valence-electron chi connectivity index (χ1n) is 4.21. The van der Waals surface area contributed by atoms with E-state index in [1.165, 1.54) is 13.3 Å². The average molecular weight is 344 g/mol. The lowest BCUT2D eigenvalue weighted by Crippen LogP contribution is -2.55. The molecule has 2 heterocycles. The van der Waals surface area contributed by atoms with Gasteiger partial charge >= 0.3 is 0 Å². The van der Waals surface area contributed by atoms with Gasteiger partial charge in [-0.25, -0.2) is 9.37 Å². The number of nitrogens with zero attached hydrogens (tertiary/aromatic N) is 3. The minimum Gasteiger partial charge on any atom is -0.491 e. The highest BCUT2D eigenvalue weighted by Crippen LogP contribution is 2.38. The lowest BCUT2D eigenvalue weighted by atomic mass is 10.2. The number of hydrogen-bond donors (Lipinski definition) is 0. The molecular weight excluding hydrogens is 335 g/mol. The van der Waals surface area contributed by atoms with Crippen molar-refractivity contribution in [2.24, 2.45) is 0 Å². The molecule has 0 spiro atoms. The molecule has 15 heavy (non-hydrogen) atoms. The molecule has 0 amide bonds. The summed E-state index contributed by atoms with van der Waals surface area (Å²) in [7, 11) is 1.52. The zero-order valence-electron chi connectivity index (χ0n) is 7.88. The number of alkyl halides is 2. The van der Waals surface area contributed by atoms with Crippen molar-refractivity contribution in [3.63, 3.8) is 0 Å². The molecule has 1 aromatic heterocycles. The molecule has 0 bridgehead atoms. The van der Waals surface area contributed by atoms with Gasteiger partial charge in [-0.15, -0.1) is 0 Å². The second kappa shape index (κ2) is 3.89. The van der Waals surface area contributed by atoms with Crippen LogP contribution in [-0.2, 0) is 0 Å². The fourth-order valence-electron chi connectivity index (χ4n) is 1.37. The molecule has 1 fully saturated rings. The maximum absolute atomic E-state index is 13.3. The van der Waals surface area contributed by atoms with E-state index in [1.807, 2.05) is 0 Å². The number of rotatable bonds is 2. The van der Waals surface area contributed by atoms with Crippen molar-refractivity contribution in [2.45, 2.75) is 3.68 Å². The van der Waals surface area contributed by atoms with Crippen LogP contribution in [0.15, 0.2) is 6.20 Å². The summed E-state index contributed by atoms with van der Waals surface area (Å²) >= 11 is 7.45. The average Bonchev–Trinajstić information content (AvgIpc) is 2.14. The molecule has 0 radical (unpaired) electrons. The zero-order valence-corrected chi connectivity index (χ0v) is 10.8. The second-order valence-electron chi connectivity index (χ2n) is 3.24. The van der Waals surface area contributed by atoms with Crippen LogP contribution in [0.1, 0.15) is 0 Å². The molecule has 0 aromatic carbocycles. The molecule has 82 valence electrons. The van der Waals surface area contributed by atoms with Gasteiger partial charge in [0, 0.05) is 0 Å². The molecule has 0 N–H and O–H groups in total. The van der Waals surface area contributed by atoms with Crippen LogP contribution in [0.2, 0.25) is 5.28 Å². The smallest absolute Gasteiger partial charge is 0.224 e. The van der Waals surface area contributed by atoms with E-state index in [1.54, 1.807) is 27.5 Å². The predicted molar refractivity (Wildman–Crippen MR) is 63.7 cm³/mol. The number of halogens is 3. The molecule has 1 saturated heterocycles. The van der Waals surface area contributed by atoms with Gasteiger partial charge in [0.2, 0.25) is 5.28 Å². The Morgan fingerprint density at radius 1 is 1.67 bits per heavy atom. The number of ether oxygens (including phenoxy) is 1. The van der Waals surface area contributed by atoms with E-state index in [0.29, 0.717) is 11.6 Å². The van der Waals surface area contributed by atoms with Crippen molar-refractivity contribution in [2.75, 3.05) is 25.1 Å². The standard InChI is InChI=1S/C8H8ClFIN3O/c1-15-5-2-12-7(9)13-6(5)14-3-8(10,11)4-14/h2H,3-4H2,1H3. The molecule has 7 heteroatoms. The van der Waals surface area contributed by atoms with Gasteiger partial charge in [0.05, 0.1) is 26.4 Å². The fourth-order valence-corrected chi connectivity index (χ4v) is 2.33. The van der Waals surface area contributed by atoms with E-state index in [0.717, 1.165) is 0 Å². The Morgan fingerprint density at radius 2 is 2.33 bits per heavy atom. The Balaban J connectivity index is 2.24. The summed E-state index contributed by atoms with van der Waals surface area (Å²) in [5, 5.41) is 0.135. The quantitative estimate of drug-likeness (QED) is 0.468. The first-order chi connectivity index (χ1) is 7.02. The first kappa shape index (κ1) is 11.1. The Labute approximate surface area is 105 Å². The topological polar surface area (TPSA) is 38.3 Å². The summed E-state index contributed by atoms with van der Waals surface area (Å²) in [6.07, 6.45) is 1.48. The Morgan fingerprint density at radius 3 is 2.87 bits per heavy atom. The van der Waals surface area contributed by atoms with E-state index in [2.05, 4.69) is 9.97 Å². The van der Waals surface area contributed by atoms with Crippen LogP contribution in [0, 0.1) is 0 Å². The third-order valence-electron chi connectivity index (χ3n) is 2.07. The number of aromatic nitrogens is 2. The van der Waals surface area contributed by atoms with E-state index >= 15 is 0 Å². The fraction of sp³-hybridized carbons (Fsp3) is 0.500. The Bertz CT molecular complexity index is 382. The van der Waals surface area contributed by atoms with Gasteiger partial charge in [0.25, 0.3) is 0 Å². The van der Waals surface area contributed by atoms with Crippen molar-refractivity contribution in [1.82, 2.24) is 9.97 Å². The van der Waals surface area contributed by atoms with Gasteiger partial charge in [-0.3, -0.25) is 0 Å². The van der Waals surface area contributed by atoms with Gasteiger partial charge in [0.15, 0.2) is 15.2 Å². The number of anilines is 1. The van der Waals surface area contributed by atoms with Gasteiger partial charge in [-0.05, 0) is 34.2 Å². The van der Waals surface area contributed by atoms with Crippen molar-refractivity contribution >= 4 is 40.0 Å². The third kappa shape index (κ3) is 2.25. The van der Waals surface area contributed by atoms with Gasteiger partial charge in [0.1, 0.15) is 0 Å². The van der Waals surface area contributed by atoms with Crippen LogP contribution in [0.4, 0.5) is 10.2 Å². The number of hydrogen-bond acceptors (Lipinski definition) is 4. The second-order valence-corrected chi connectivity index (χ2v) is 5.51. The van der Waals surface area contributed by atoms with Crippen molar-refractivity contribution in [3.05, 3.63) is 11.5 Å². The summed E-state index contributed by atoms with van der Waals surface area (Å²) in [6.45, 7) is 0.578. The molecule has 0 atom stereocenters. The molecule has 0 aliphatic carbocycles. The maximum Gasteiger partial charge on any atom is 0.224 e.